The first-order chi connectivity index (χ1) is 7.54. The second-order valence-electron chi connectivity index (χ2n) is 2.82. The Labute approximate surface area is 95.2 Å². The number of thiazole rings is 1. The summed E-state index contributed by atoms with van der Waals surface area (Å²) in [6, 6.07) is 0. The molecule has 1 aromatic rings. The van der Waals surface area contributed by atoms with Crippen molar-refractivity contribution in [3.05, 3.63) is 11.1 Å². The second-order valence-corrected chi connectivity index (χ2v) is 3.71. The van der Waals surface area contributed by atoms with Crippen LogP contribution in [-0.4, -0.2) is 41.7 Å². The van der Waals surface area contributed by atoms with Crippen LogP contribution in [0, 0.1) is 0 Å². The average Bonchev–Trinajstić information content (AvgIpc) is 2.71. The Morgan fingerprint density at radius 3 is 2.94 bits per heavy atom. The van der Waals surface area contributed by atoms with Crippen molar-refractivity contribution >= 4 is 28.3 Å². The first-order valence-electron chi connectivity index (χ1n) is 4.29. The summed E-state index contributed by atoms with van der Waals surface area (Å²) in [6.07, 6.45) is -1.38. The minimum atomic E-state index is -1.38. The minimum absolute atomic E-state index is 0.152. The van der Waals surface area contributed by atoms with E-state index in [4.69, 9.17) is 5.73 Å². The molecule has 0 aliphatic rings. The van der Waals surface area contributed by atoms with E-state index in [0.29, 0.717) is 0 Å². The molecule has 4 N–H and O–H groups in total. The minimum Gasteiger partial charge on any atom is -0.467 e. The fourth-order valence-corrected chi connectivity index (χ4v) is 1.43. The standard InChI is InChI=1S/C8H11N3O4S/c1-15-7(14)5(12)2-10-6(13)4-3-16-8(9)11-4/h3,5,12H,2H2,1H3,(H2,9,11)(H,10,13). The molecule has 0 radical (unpaired) electrons. The van der Waals surface area contributed by atoms with E-state index in [-0.39, 0.29) is 17.4 Å². The number of methoxy groups -OCH3 is 1. The molecule has 0 spiro atoms. The zero-order valence-corrected chi connectivity index (χ0v) is 9.28. The van der Waals surface area contributed by atoms with Crippen molar-refractivity contribution in [3.63, 3.8) is 0 Å². The van der Waals surface area contributed by atoms with Crippen molar-refractivity contribution in [1.29, 1.82) is 0 Å². The summed E-state index contributed by atoms with van der Waals surface area (Å²) < 4.78 is 4.28. The number of aromatic nitrogens is 1. The summed E-state index contributed by atoms with van der Waals surface area (Å²) >= 11 is 1.13. The maximum atomic E-state index is 11.4. The molecule has 0 saturated heterocycles. The van der Waals surface area contributed by atoms with Gasteiger partial charge in [0.15, 0.2) is 11.2 Å². The van der Waals surface area contributed by atoms with Crippen molar-refractivity contribution in [1.82, 2.24) is 10.3 Å². The van der Waals surface area contributed by atoms with Gasteiger partial charge >= 0.3 is 5.97 Å². The molecule has 0 fully saturated rings. The van der Waals surface area contributed by atoms with E-state index in [2.05, 4.69) is 15.0 Å². The van der Waals surface area contributed by atoms with Crippen LogP contribution in [0.5, 0.6) is 0 Å². The highest BCUT2D eigenvalue weighted by Crippen LogP contribution is 2.10. The number of carbonyl (C=O) groups is 2. The Bertz CT molecular complexity index is 392. The van der Waals surface area contributed by atoms with Gasteiger partial charge in [-0.3, -0.25) is 4.79 Å². The van der Waals surface area contributed by atoms with Crippen LogP contribution in [0.15, 0.2) is 5.38 Å². The maximum Gasteiger partial charge on any atom is 0.336 e. The number of amides is 1. The average molecular weight is 245 g/mol. The molecule has 0 aliphatic carbocycles. The molecule has 0 saturated carbocycles. The number of rotatable bonds is 4. The van der Waals surface area contributed by atoms with Crippen LogP contribution in [0.1, 0.15) is 10.5 Å². The first kappa shape index (κ1) is 12.4. The van der Waals surface area contributed by atoms with E-state index in [1.54, 1.807) is 0 Å². The van der Waals surface area contributed by atoms with Gasteiger partial charge < -0.3 is 20.9 Å². The van der Waals surface area contributed by atoms with Crippen molar-refractivity contribution < 1.29 is 19.4 Å². The molecular weight excluding hydrogens is 234 g/mol. The van der Waals surface area contributed by atoms with Gasteiger partial charge in [0.1, 0.15) is 5.69 Å². The van der Waals surface area contributed by atoms with Gasteiger partial charge in [-0.15, -0.1) is 11.3 Å². The molecule has 1 amide bonds. The highest BCUT2D eigenvalue weighted by molar-refractivity contribution is 7.13. The van der Waals surface area contributed by atoms with Gasteiger partial charge in [0.2, 0.25) is 0 Å². The topological polar surface area (TPSA) is 115 Å². The zero-order valence-electron chi connectivity index (χ0n) is 8.47. The molecule has 8 heteroatoms. The Balaban J connectivity index is 2.44. The third-order valence-corrected chi connectivity index (χ3v) is 2.36. The number of nitrogens with two attached hydrogens (primary N) is 1. The fraction of sp³-hybridized carbons (Fsp3) is 0.375. The summed E-state index contributed by atoms with van der Waals surface area (Å²) in [6.45, 7) is -0.233. The first-order valence-corrected chi connectivity index (χ1v) is 5.17. The Kier molecular flexibility index (Phi) is 4.20. The van der Waals surface area contributed by atoms with Gasteiger partial charge in [-0.25, -0.2) is 9.78 Å². The molecular formula is C8H11N3O4S. The van der Waals surface area contributed by atoms with E-state index in [0.717, 1.165) is 18.4 Å². The number of aliphatic hydroxyl groups excluding tert-OH is 1. The van der Waals surface area contributed by atoms with Crippen molar-refractivity contribution in [3.8, 4) is 0 Å². The summed E-state index contributed by atoms with van der Waals surface area (Å²) in [5.74, 6) is -1.31. The van der Waals surface area contributed by atoms with Crippen LogP contribution in [0.4, 0.5) is 5.13 Å². The highest BCUT2D eigenvalue weighted by Gasteiger charge is 2.17. The fourth-order valence-electron chi connectivity index (χ4n) is 0.891. The maximum absolute atomic E-state index is 11.4. The van der Waals surface area contributed by atoms with Crippen LogP contribution in [0.2, 0.25) is 0 Å². The molecule has 16 heavy (non-hydrogen) atoms. The molecule has 0 aliphatic heterocycles. The van der Waals surface area contributed by atoms with E-state index >= 15 is 0 Å². The molecule has 1 atom stereocenters. The number of nitrogen functional groups attached to an aromatic ring is 1. The monoisotopic (exact) mass is 245 g/mol. The second kappa shape index (κ2) is 5.42. The highest BCUT2D eigenvalue weighted by atomic mass is 32.1. The number of aliphatic hydroxyl groups is 1. The summed E-state index contributed by atoms with van der Waals surface area (Å²) in [4.78, 5) is 25.9. The van der Waals surface area contributed by atoms with E-state index < -0.39 is 18.0 Å². The summed E-state index contributed by atoms with van der Waals surface area (Å²) in [5.41, 5.74) is 5.50. The normalized spacial score (nSPS) is 11.9. The van der Waals surface area contributed by atoms with Crippen LogP contribution >= 0.6 is 11.3 Å². The molecule has 1 aromatic heterocycles. The summed E-state index contributed by atoms with van der Waals surface area (Å²) in [7, 11) is 1.15. The van der Waals surface area contributed by atoms with E-state index in [1.807, 2.05) is 0 Å². The summed E-state index contributed by atoms with van der Waals surface area (Å²) in [5, 5.41) is 13.3. The zero-order chi connectivity index (χ0) is 12.1. The van der Waals surface area contributed by atoms with Crippen LogP contribution < -0.4 is 11.1 Å². The Hall–Kier alpha value is -1.67. The number of anilines is 1. The molecule has 0 aromatic carbocycles. The van der Waals surface area contributed by atoms with Gasteiger partial charge in [0, 0.05) is 5.38 Å². The molecule has 1 unspecified atom stereocenters. The van der Waals surface area contributed by atoms with Gasteiger partial charge in [-0.05, 0) is 0 Å². The van der Waals surface area contributed by atoms with E-state index in [1.165, 1.54) is 5.38 Å². The molecule has 1 heterocycles. The number of hydrogen-bond donors (Lipinski definition) is 3. The van der Waals surface area contributed by atoms with Crippen LogP contribution in [-0.2, 0) is 9.53 Å². The lowest BCUT2D eigenvalue weighted by molar-refractivity contribution is -0.149. The van der Waals surface area contributed by atoms with Crippen molar-refractivity contribution in [2.24, 2.45) is 0 Å². The lowest BCUT2D eigenvalue weighted by Gasteiger charge is -2.08. The molecule has 1 rings (SSSR count). The SMILES string of the molecule is COC(=O)C(O)CNC(=O)c1csc(N)n1. The Morgan fingerprint density at radius 1 is 1.75 bits per heavy atom. The molecule has 88 valence electrons. The predicted molar refractivity (Wildman–Crippen MR) is 56.9 cm³/mol. The van der Waals surface area contributed by atoms with E-state index in [9.17, 15) is 14.7 Å². The van der Waals surface area contributed by atoms with Gasteiger partial charge in [-0.1, -0.05) is 0 Å². The lowest BCUT2D eigenvalue weighted by Crippen LogP contribution is -2.37. The van der Waals surface area contributed by atoms with Gasteiger partial charge in [0.05, 0.1) is 13.7 Å². The number of nitrogens with one attached hydrogen (secondary N) is 1. The third-order valence-electron chi connectivity index (χ3n) is 1.68. The number of carbonyl (C=O) groups excluding carboxylic acids is 2. The quantitative estimate of drug-likeness (QED) is 0.585. The van der Waals surface area contributed by atoms with Crippen molar-refractivity contribution in [2.75, 3.05) is 19.4 Å². The number of esters is 1. The van der Waals surface area contributed by atoms with Gasteiger partial charge in [0.25, 0.3) is 5.91 Å². The third kappa shape index (κ3) is 3.17. The Morgan fingerprint density at radius 2 is 2.44 bits per heavy atom. The van der Waals surface area contributed by atoms with Crippen molar-refractivity contribution in [2.45, 2.75) is 6.10 Å². The molecule has 7 nitrogen and oxygen atoms in total. The number of ether oxygens (including phenoxy) is 1. The predicted octanol–water partition coefficient (Wildman–Crippen LogP) is -1.01. The molecule has 0 bridgehead atoms. The van der Waals surface area contributed by atoms with Gasteiger partial charge in [-0.2, -0.15) is 0 Å². The largest absolute Gasteiger partial charge is 0.467 e. The number of nitrogens with zero attached hydrogens (tertiary/aromatic N) is 1. The van der Waals surface area contributed by atoms with Crippen LogP contribution in [0.25, 0.3) is 0 Å². The smallest absolute Gasteiger partial charge is 0.336 e. The number of hydrogen-bond acceptors (Lipinski definition) is 7. The van der Waals surface area contributed by atoms with Crippen LogP contribution in [0.3, 0.4) is 0 Å². The lowest BCUT2D eigenvalue weighted by atomic mass is 10.3.